The first-order valence-corrected chi connectivity index (χ1v) is 12.6. The van der Waals surface area contributed by atoms with Crippen LogP contribution in [0.25, 0.3) is 0 Å². The highest BCUT2D eigenvalue weighted by molar-refractivity contribution is 5.99. The Kier molecular flexibility index (Phi) is 12.5. The SMILES string of the molecule is C[C@H](NC(=O)OCc1ccccc1)C(=O)N[C@@H](C)C(=O)NN(CC(N)=O)C(=O)/C=C/C(=O)N(C)Cc1ccccc1. The van der Waals surface area contributed by atoms with Crippen LogP contribution in [-0.2, 0) is 41.9 Å². The maximum atomic E-state index is 12.6. The number of carbonyl (C=O) groups is 6. The summed E-state index contributed by atoms with van der Waals surface area (Å²) in [7, 11) is 1.55. The van der Waals surface area contributed by atoms with Crippen molar-refractivity contribution in [3.63, 3.8) is 0 Å². The fourth-order valence-electron chi connectivity index (χ4n) is 3.26. The van der Waals surface area contributed by atoms with Crippen LogP contribution in [0, 0.1) is 0 Å². The number of rotatable bonds is 12. The van der Waals surface area contributed by atoms with Crippen LogP contribution >= 0.6 is 0 Å². The minimum atomic E-state index is -1.18. The van der Waals surface area contributed by atoms with Gasteiger partial charge in [-0.2, -0.15) is 0 Å². The smallest absolute Gasteiger partial charge is 0.408 e. The van der Waals surface area contributed by atoms with Crippen molar-refractivity contribution in [3.05, 3.63) is 83.9 Å². The van der Waals surface area contributed by atoms with E-state index in [1.54, 1.807) is 31.3 Å². The third-order valence-corrected chi connectivity index (χ3v) is 5.52. The molecule has 0 bridgehead atoms. The minimum absolute atomic E-state index is 0.00685. The molecule has 41 heavy (non-hydrogen) atoms. The van der Waals surface area contributed by atoms with Crippen molar-refractivity contribution in [2.24, 2.45) is 5.73 Å². The van der Waals surface area contributed by atoms with Crippen molar-refractivity contribution >= 4 is 35.6 Å². The molecule has 0 aliphatic carbocycles. The zero-order valence-electron chi connectivity index (χ0n) is 23.0. The zero-order valence-corrected chi connectivity index (χ0v) is 23.0. The van der Waals surface area contributed by atoms with Gasteiger partial charge in [0.25, 0.3) is 11.8 Å². The van der Waals surface area contributed by atoms with Crippen molar-refractivity contribution in [3.8, 4) is 0 Å². The molecule has 5 N–H and O–H groups in total. The van der Waals surface area contributed by atoms with Crippen LogP contribution in [0.1, 0.15) is 25.0 Å². The number of amides is 6. The monoisotopic (exact) mass is 566 g/mol. The molecule has 13 heteroatoms. The predicted octanol–water partition coefficient (Wildman–Crippen LogP) is 0.366. The Labute approximate surface area is 237 Å². The average molecular weight is 567 g/mol. The zero-order chi connectivity index (χ0) is 30.4. The number of hydrogen-bond acceptors (Lipinski definition) is 7. The van der Waals surface area contributed by atoms with Gasteiger partial charge < -0.3 is 26.0 Å². The summed E-state index contributed by atoms with van der Waals surface area (Å²) in [6, 6.07) is 15.9. The van der Waals surface area contributed by atoms with E-state index < -0.39 is 54.3 Å². The highest BCUT2D eigenvalue weighted by atomic mass is 16.5. The Bertz CT molecular complexity index is 1250. The third-order valence-electron chi connectivity index (χ3n) is 5.52. The number of ether oxygens (including phenoxy) is 1. The lowest BCUT2D eigenvalue weighted by Crippen LogP contribution is -2.56. The fourth-order valence-corrected chi connectivity index (χ4v) is 3.26. The molecule has 0 saturated carbocycles. The van der Waals surface area contributed by atoms with Crippen molar-refractivity contribution in [2.45, 2.75) is 39.1 Å². The molecular formula is C28H34N6O7. The molecule has 0 spiro atoms. The Morgan fingerprint density at radius 1 is 0.805 bits per heavy atom. The van der Waals surface area contributed by atoms with Gasteiger partial charge in [0.1, 0.15) is 25.2 Å². The van der Waals surface area contributed by atoms with E-state index in [9.17, 15) is 28.8 Å². The lowest BCUT2D eigenvalue weighted by atomic mass is 10.2. The molecule has 0 aliphatic rings. The molecule has 0 aliphatic heterocycles. The van der Waals surface area contributed by atoms with Crippen LogP contribution in [0.5, 0.6) is 0 Å². The van der Waals surface area contributed by atoms with Gasteiger partial charge in [-0.05, 0) is 25.0 Å². The number of nitrogens with two attached hydrogens (primary N) is 1. The summed E-state index contributed by atoms with van der Waals surface area (Å²) < 4.78 is 5.07. The van der Waals surface area contributed by atoms with E-state index >= 15 is 0 Å². The molecule has 2 aromatic carbocycles. The first-order chi connectivity index (χ1) is 19.5. The van der Waals surface area contributed by atoms with Crippen molar-refractivity contribution < 1.29 is 33.5 Å². The maximum absolute atomic E-state index is 12.6. The normalized spacial score (nSPS) is 12.0. The van der Waals surface area contributed by atoms with Gasteiger partial charge in [0.15, 0.2) is 0 Å². The number of hydrogen-bond donors (Lipinski definition) is 4. The number of benzene rings is 2. The maximum Gasteiger partial charge on any atom is 0.408 e. The highest BCUT2D eigenvalue weighted by Crippen LogP contribution is 2.04. The summed E-state index contributed by atoms with van der Waals surface area (Å²) in [4.78, 5) is 75.0. The molecule has 6 amide bonds. The van der Waals surface area contributed by atoms with E-state index in [-0.39, 0.29) is 6.61 Å². The first kappa shape index (κ1) is 32.0. The summed E-state index contributed by atoms with van der Waals surface area (Å²) in [5.74, 6) is -3.87. The van der Waals surface area contributed by atoms with E-state index in [0.717, 1.165) is 23.3 Å². The minimum Gasteiger partial charge on any atom is -0.445 e. The Morgan fingerprint density at radius 2 is 1.34 bits per heavy atom. The summed E-state index contributed by atoms with van der Waals surface area (Å²) >= 11 is 0. The molecule has 0 saturated heterocycles. The van der Waals surface area contributed by atoms with Crippen LogP contribution in [0.3, 0.4) is 0 Å². The van der Waals surface area contributed by atoms with Crippen LogP contribution < -0.4 is 21.8 Å². The summed E-state index contributed by atoms with van der Waals surface area (Å²) in [5.41, 5.74) is 9.05. The van der Waals surface area contributed by atoms with Gasteiger partial charge in [-0.3, -0.25) is 29.4 Å². The number of alkyl carbamates (subject to hydrolysis) is 1. The van der Waals surface area contributed by atoms with Gasteiger partial charge in [-0.15, -0.1) is 0 Å². The molecule has 0 radical (unpaired) electrons. The van der Waals surface area contributed by atoms with Gasteiger partial charge in [0, 0.05) is 25.7 Å². The van der Waals surface area contributed by atoms with Crippen molar-refractivity contribution in [1.29, 1.82) is 0 Å². The van der Waals surface area contributed by atoms with Gasteiger partial charge in [-0.25, -0.2) is 9.80 Å². The van der Waals surface area contributed by atoms with E-state index in [0.29, 0.717) is 11.6 Å². The Hall–Kier alpha value is -5.20. The molecular weight excluding hydrogens is 532 g/mol. The number of hydrazine groups is 1. The summed E-state index contributed by atoms with van der Waals surface area (Å²) in [6.45, 7) is 2.35. The number of primary amides is 1. The molecule has 13 nitrogen and oxygen atoms in total. The lowest BCUT2D eigenvalue weighted by molar-refractivity contribution is -0.142. The molecule has 2 atom stereocenters. The number of likely N-dealkylation sites (N-methyl/N-ethyl adjacent to an activating group) is 1. The first-order valence-electron chi connectivity index (χ1n) is 12.6. The second-order valence-electron chi connectivity index (χ2n) is 9.04. The van der Waals surface area contributed by atoms with Gasteiger partial charge in [0.2, 0.25) is 17.7 Å². The van der Waals surface area contributed by atoms with E-state index in [2.05, 4.69) is 16.1 Å². The predicted molar refractivity (Wildman–Crippen MR) is 148 cm³/mol. The number of nitrogens with zero attached hydrogens (tertiary/aromatic N) is 2. The Morgan fingerprint density at radius 3 is 1.93 bits per heavy atom. The Balaban J connectivity index is 1.88. The van der Waals surface area contributed by atoms with E-state index in [1.807, 2.05) is 36.4 Å². The van der Waals surface area contributed by atoms with E-state index in [1.165, 1.54) is 18.7 Å². The molecule has 218 valence electrons. The largest absolute Gasteiger partial charge is 0.445 e. The average Bonchev–Trinajstić information content (AvgIpc) is 2.94. The molecule has 2 rings (SSSR count). The van der Waals surface area contributed by atoms with Crippen LogP contribution in [0.15, 0.2) is 72.8 Å². The van der Waals surface area contributed by atoms with E-state index in [4.69, 9.17) is 10.5 Å². The van der Waals surface area contributed by atoms with Crippen molar-refractivity contribution in [2.75, 3.05) is 13.6 Å². The summed E-state index contributed by atoms with van der Waals surface area (Å²) in [5, 5.41) is 5.37. The molecule has 0 heterocycles. The van der Waals surface area contributed by atoms with Crippen LogP contribution in [0.2, 0.25) is 0 Å². The lowest BCUT2D eigenvalue weighted by Gasteiger charge is -2.24. The second kappa shape index (κ2) is 16.0. The van der Waals surface area contributed by atoms with Crippen LogP contribution in [-0.4, -0.2) is 71.2 Å². The highest BCUT2D eigenvalue weighted by Gasteiger charge is 2.24. The van der Waals surface area contributed by atoms with Crippen LogP contribution in [0.4, 0.5) is 4.79 Å². The molecule has 2 aromatic rings. The second-order valence-corrected chi connectivity index (χ2v) is 9.04. The standard InChI is InChI=1S/C28H34N6O7/c1-19(31-28(40)41-18-22-12-8-5-9-13-22)26(38)30-20(2)27(39)32-34(17-23(29)35)25(37)15-14-24(36)33(3)16-21-10-6-4-7-11-21/h4-15,19-20H,16-18H2,1-3H3,(H2,29,35)(H,30,38)(H,31,40)(H,32,39)/b15-14+/t19-,20-/m0/s1. The topological polar surface area (TPSA) is 180 Å². The fraction of sp³-hybridized carbons (Fsp3) is 0.286. The number of nitrogens with one attached hydrogen (secondary N) is 3. The molecule has 0 aromatic heterocycles. The van der Waals surface area contributed by atoms with Gasteiger partial charge in [0.05, 0.1) is 0 Å². The summed E-state index contributed by atoms with van der Waals surface area (Å²) in [6.07, 6.45) is 1.06. The molecule has 0 fully saturated rings. The molecule has 0 unspecified atom stereocenters. The number of carbonyl (C=O) groups excluding carboxylic acids is 6. The van der Waals surface area contributed by atoms with Gasteiger partial charge >= 0.3 is 6.09 Å². The van der Waals surface area contributed by atoms with Crippen molar-refractivity contribution in [1.82, 2.24) is 26.0 Å². The third kappa shape index (κ3) is 11.6. The van der Waals surface area contributed by atoms with Gasteiger partial charge in [-0.1, -0.05) is 60.7 Å². The quantitative estimate of drug-likeness (QED) is 0.211.